The highest BCUT2D eigenvalue weighted by Crippen LogP contribution is 2.31. The molecule has 0 amide bonds. The number of hydrogen-bond donors (Lipinski definition) is 0. The van der Waals surface area contributed by atoms with Crippen molar-refractivity contribution in [3.05, 3.63) is 23.9 Å². The van der Waals surface area contributed by atoms with Gasteiger partial charge in [-0.3, -0.25) is 4.79 Å². The van der Waals surface area contributed by atoms with Crippen LogP contribution in [-0.4, -0.2) is 23.9 Å². The second-order valence-corrected chi connectivity index (χ2v) is 3.87. The van der Waals surface area contributed by atoms with E-state index in [1.165, 1.54) is 0 Å². The fourth-order valence-electron chi connectivity index (χ4n) is 1.76. The Morgan fingerprint density at radius 3 is 3.06 bits per heavy atom. The molecule has 0 aromatic carbocycles. The first-order valence-corrected chi connectivity index (χ1v) is 5.40. The Balaban J connectivity index is 2.23. The molecule has 16 heavy (non-hydrogen) atoms. The molecule has 0 aliphatic heterocycles. The average Bonchev–Trinajstić information content (AvgIpc) is 3.14. The van der Waals surface area contributed by atoms with Crippen molar-refractivity contribution in [1.82, 2.24) is 4.98 Å². The van der Waals surface area contributed by atoms with Crippen molar-refractivity contribution in [2.45, 2.75) is 25.3 Å². The van der Waals surface area contributed by atoms with E-state index >= 15 is 0 Å². The number of hydrogen-bond acceptors (Lipinski definition) is 4. The molecule has 0 atom stereocenters. The van der Waals surface area contributed by atoms with E-state index in [-0.39, 0.29) is 0 Å². The molecule has 1 aliphatic carbocycles. The smallest absolute Gasteiger partial charge is 0.153 e. The lowest BCUT2D eigenvalue weighted by Crippen LogP contribution is -2.28. The fourth-order valence-corrected chi connectivity index (χ4v) is 1.76. The first-order valence-electron chi connectivity index (χ1n) is 5.40. The van der Waals surface area contributed by atoms with Crippen molar-refractivity contribution in [2.24, 2.45) is 0 Å². The lowest BCUT2D eigenvalue weighted by Gasteiger charge is -2.23. The average molecular weight is 215 g/mol. The molecule has 0 unspecified atom stereocenters. The molecule has 4 heteroatoms. The Morgan fingerprint density at radius 1 is 1.62 bits per heavy atom. The van der Waals surface area contributed by atoms with Crippen LogP contribution >= 0.6 is 0 Å². The van der Waals surface area contributed by atoms with E-state index in [4.69, 9.17) is 5.26 Å². The van der Waals surface area contributed by atoms with Crippen molar-refractivity contribution in [2.75, 3.05) is 11.4 Å². The van der Waals surface area contributed by atoms with E-state index in [0.717, 1.165) is 24.9 Å². The molecule has 2 rings (SSSR count). The minimum Gasteiger partial charge on any atom is -0.352 e. The maximum Gasteiger partial charge on any atom is 0.153 e. The van der Waals surface area contributed by atoms with Gasteiger partial charge in [0.15, 0.2) is 6.29 Å². The summed E-state index contributed by atoms with van der Waals surface area (Å²) >= 11 is 0. The summed E-state index contributed by atoms with van der Waals surface area (Å²) in [6, 6.07) is 6.10. The quantitative estimate of drug-likeness (QED) is 0.702. The van der Waals surface area contributed by atoms with Crippen molar-refractivity contribution in [3.63, 3.8) is 0 Å². The van der Waals surface area contributed by atoms with E-state index in [1.54, 1.807) is 18.3 Å². The summed E-state index contributed by atoms with van der Waals surface area (Å²) in [5, 5.41) is 8.62. The number of carbonyl (C=O) groups excluding carboxylic acids is 1. The van der Waals surface area contributed by atoms with E-state index in [1.807, 2.05) is 0 Å². The van der Waals surface area contributed by atoms with Crippen LogP contribution in [0.25, 0.3) is 0 Å². The van der Waals surface area contributed by atoms with E-state index in [9.17, 15) is 4.79 Å². The van der Waals surface area contributed by atoms with Gasteiger partial charge in [-0.25, -0.2) is 4.98 Å². The number of aromatic nitrogens is 1. The third-order valence-corrected chi connectivity index (χ3v) is 2.67. The molecule has 0 spiro atoms. The molecule has 1 fully saturated rings. The van der Waals surface area contributed by atoms with Gasteiger partial charge in [0.1, 0.15) is 5.82 Å². The minimum absolute atomic E-state index is 0.460. The summed E-state index contributed by atoms with van der Waals surface area (Å²) in [6.45, 7) is 0.652. The number of aldehydes is 1. The summed E-state index contributed by atoms with van der Waals surface area (Å²) in [5.41, 5.74) is 0.604. The van der Waals surface area contributed by atoms with Gasteiger partial charge < -0.3 is 4.90 Å². The molecule has 1 aromatic heterocycles. The second-order valence-electron chi connectivity index (χ2n) is 3.87. The standard InChI is InChI=1S/C12H13N3O/c13-6-2-8-15(11-4-5-11)12-10(9-16)3-1-7-14-12/h1,3,7,9,11H,2,4-5,8H2. The molecule has 0 saturated heterocycles. The van der Waals surface area contributed by atoms with Gasteiger partial charge in [0.25, 0.3) is 0 Å². The molecule has 82 valence electrons. The van der Waals surface area contributed by atoms with Gasteiger partial charge >= 0.3 is 0 Å². The largest absolute Gasteiger partial charge is 0.352 e. The maximum atomic E-state index is 10.9. The summed E-state index contributed by atoms with van der Waals surface area (Å²) in [5.74, 6) is 0.718. The van der Waals surface area contributed by atoms with Crippen LogP contribution in [0, 0.1) is 11.3 Å². The highest BCUT2D eigenvalue weighted by Gasteiger charge is 2.30. The third kappa shape index (κ3) is 2.19. The number of nitrogens with zero attached hydrogens (tertiary/aromatic N) is 3. The molecular formula is C12H13N3O. The maximum absolute atomic E-state index is 10.9. The Morgan fingerprint density at radius 2 is 2.44 bits per heavy atom. The monoisotopic (exact) mass is 215 g/mol. The second kappa shape index (κ2) is 4.75. The molecular weight excluding hydrogens is 202 g/mol. The zero-order chi connectivity index (χ0) is 11.4. The van der Waals surface area contributed by atoms with Crippen LogP contribution in [0.3, 0.4) is 0 Å². The Bertz CT molecular complexity index is 421. The fraction of sp³-hybridized carbons (Fsp3) is 0.417. The van der Waals surface area contributed by atoms with Crippen molar-refractivity contribution in [3.8, 4) is 6.07 Å². The number of anilines is 1. The van der Waals surface area contributed by atoms with Crippen molar-refractivity contribution in [1.29, 1.82) is 5.26 Å². The topological polar surface area (TPSA) is 57.0 Å². The van der Waals surface area contributed by atoms with Crippen LogP contribution in [0.1, 0.15) is 29.6 Å². The molecule has 0 bridgehead atoms. The predicted molar refractivity (Wildman–Crippen MR) is 60.2 cm³/mol. The highest BCUT2D eigenvalue weighted by molar-refractivity contribution is 5.82. The van der Waals surface area contributed by atoms with Gasteiger partial charge in [-0.2, -0.15) is 5.26 Å². The van der Waals surface area contributed by atoms with Crippen LogP contribution in [0.2, 0.25) is 0 Å². The summed E-state index contributed by atoms with van der Waals surface area (Å²) in [7, 11) is 0. The normalized spacial score (nSPS) is 14.2. The number of nitriles is 1. The molecule has 0 N–H and O–H groups in total. The third-order valence-electron chi connectivity index (χ3n) is 2.67. The number of pyridine rings is 1. The lowest BCUT2D eigenvalue weighted by atomic mass is 10.2. The summed E-state index contributed by atoms with van der Waals surface area (Å²) < 4.78 is 0. The van der Waals surface area contributed by atoms with Gasteiger partial charge in [-0.1, -0.05) is 0 Å². The molecule has 0 radical (unpaired) electrons. The first kappa shape index (κ1) is 10.6. The Kier molecular flexibility index (Phi) is 3.16. The highest BCUT2D eigenvalue weighted by atomic mass is 16.1. The van der Waals surface area contributed by atoms with Crippen LogP contribution in [0.5, 0.6) is 0 Å². The van der Waals surface area contributed by atoms with Gasteiger partial charge in [0.2, 0.25) is 0 Å². The zero-order valence-corrected chi connectivity index (χ0v) is 8.97. The SMILES string of the molecule is N#CCCN(c1ncccc1C=O)C1CC1. The van der Waals surface area contributed by atoms with Crippen molar-refractivity contribution < 1.29 is 4.79 Å². The number of rotatable bonds is 5. The van der Waals surface area contributed by atoms with E-state index in [2.05, 4.69) is 16.0 Å². The lowest BCUT2D eigenvalue weighted by molar-refractivity contribution is 0.112. The Hall–Kier alpha value is -1.89. The van der Waals surface area contributed by atoms with Gasteiger partial charge in [0.05, 0.1) is 18.1 Å². The summed E-state index contributed by atoms with van der Waals surface area (Å²) in [6.07, 6.45) is 5.22. The minimum atomic E-state index is 0.460. The van der Waals surface area contributed by atoms with Crippen LogP contribution in [0.15, 0.2) is 18.3 Å². The predicted octanol–water partition coefficient (Wildman–Crippen LogP) is 1.78. The van der Waals surface area contributed by atoms with E-state index in [0.29, 0.717) is 24.6 Å². The van der Waals surface area contributed by atoms with Crippen LogP contribution < -0.4 is 4.90 Å². The van der Waals surface area contributed by atoms with Gasteiger partial charge in [-0.15, -0.1) is 0 Å². The zero-order valence-electron chi connectivity index (χ0n) is 8.97. The van der Waals surface area contributed by atoms with Crippen LogP contribution in [-0.2, 0) is 0 Å². The van der Waals surface area contributed by atoms with E-state index < -0.39 is 0 Å². The summed E-state index contributed by atoms with van der Waals surface area (Å²) in [4.78, 5) is 17.2. The molecule has 1 aromatic rings. The Labute approximate surface area is 94.5 Å². The van der Waals surface area contributed by atoms with Crippen molar-refractivity contribution >= 4 is 12.1 Å². The number of carbonyl (C=O) groups is 1. The van der Waals surface area contributed by atoms with Crippen LogP contribution in [0.4, 0.5) is 5.82 Å². The van der Waals surface area contributed by atoms with Gasteiger partial charge in [0, 0.05) is 18.8 Å². The molecule has 1 heterocycles. The molecule has 4 nitrogen and oxygen atoms in total. The van der Waals surface area contributed by atoms with Gasteiger partial charge in [-0.05, 0) is 25.0 Å². The first-order chi connectivity index (χ1) is 7.86. The molecule has 1 saturated carbocycles. The molecule has 1 aliphatic rings.